The average molecular weight is 309 g/mol. The fraction of sp³-hybridized carbons (Fsp3) is 0.333. The van der Waals surface area contributed by atoms with Crippen LogP contribution in [0, 0.1) is 0 Å². The molecule has 1 aliphatic rings. The number of rotatable bonds is 4. The minimum atomic E-state index is -1.00. The van der Waals surface area contributed by atoms with Crippen LogP contribution in [0.25, 0.3) is 6.08 Å². The Hall–Kier alpha value is -2.01. The topological polar surface area (TPSA) is 69.6 Å². The highest BCUT2D eigenvalue weighted by atomic mass is 35.5. The third-order valence-corrected chi connectivity index (χ3v) is 3.57. The first-order chi connectivity index (χ1) is 9.95. The van der Waals surface area contributed by atoms with E-state index in [1.807, 2.05) is 6.07 Å². The van der Waals surface area contributed by atoms with Crippen molar-refractivity contribution in [2.45, 2.75) is 19.4 Å². The molecule has 1 saturated heterocycles. The zero-order valence-corrected chi connectivity index (χ0v) is 12.4. The Morgan fingerprint density at radius 2 is 2.24 bits per heavy atom. The minimum Gasteiger partial charge on any atom is -0.478 e. The molecule has 0 aliphatic carbocycles. The molecular weight excluding hydrogens is 292 g/mol. The maximum atomic E-state index is 11.1. The number of nitrogens with one attached hydrogen (secondary N) is 1. The van der Waals surface area contributed by atoms with Crippen molar-refractivity contribution in [1.82, 2.24) is 5.32 Å². The normalized spacial score (nSPS) is 18.2. The van der Waals surface area contributed by atoms with Gasteiger partial charge in [-0.3, -0.25) is 4.79 Å². The van der Waals surface area contributed by atoms with Crippen LogP contribution >= 0.6 is 11.6 Å². The predicted octanol–water partition coefficient (Wildman–Crippen LogP) is 2.15. The molecule has 0 aromatic heterocycles. The summed E-state index contributed by atoms with van der Waals surface area (Å²) in [4.78, 5) is 23.9. The van der Waals surface area contributed by atoms with Crippen molar-refractivity contribution in [3.05, 3.63) is 34.9 Å². The Labute approximate surface area is 128 Å². The van der Waals surface area contributed by atoms with Gasteiger partial charge < -0.3 is 15.3 Å². The van der Waals surface area contributed by atoms with Gasteiger partial charge in [0.1, 0.15) is 0 Å². The predicted molar refractivity (Wildman–Crippen MR) is 82.6 cm³/mol. The summed E-state index contributed by atoms with van der Waals surface area (Å²) in [7, 11) is 0. The fourth-order valence-electron chi connectivity index (χ4n) is 2.49. The van der Waals surface area contributed by atoms with E-state index in [0.717, 1.165) is 30.3 Å². The summed E-state index contributed by atoms with van der Waals surface area (Å²) in [6, 6.07) is 5.51. The first-order valence-electron chi connectivity index (χ1n) is 6.68. The van der Waals surface area contributed by atoms with E-state index >= 15 is 0 Å². The van der Waals surface area contributed by atoms with E-state index in [1.54, 1.807) is 12.1 Å². The number of amides is 1. The lowest BCUT2D eigenvalue weighted by Gasteiger charge is -2.21. The van der Waals surface area contributed by atoms with Crippen LogP contribution in [0.1, 0.15) is 18.9 Å². The monoisotopic (exact) mass is 308 g/mol. The summed E-state index contributed by atoms with van der Waals surface area (Å²) < 4.78 is 0. The van der Waals surface area contributed by atoms with Gasteiger partial charge in [-0.2, -0.15) is 0 Å². The third kappa shape index (κ3) is 4.23. The quantitative estimate of drug-likeness (QED) is 0.836. The molecule has 0 bridgehead atoms. The molecule has 2 N–H and O–H groups in total. The van der Waals surface area contributed by atoms with Crippen molar-refractivity contribution >= 4 is 35.2 Å². The van der Waals surface area contributed by atoms with E-state index in [1.165, 1.54) is 13.0 Å². The van der Waals surface area contributed by atoms with Crippen LogP contribution in [-0.4, -0.2) is 36.1 Å². The van der Waals surface area contributed by atoms with Crippen LogP contribution in [0.4, 0.5) is 5.69 Å². The Morgan fingerprint density at radius 3 is 2.90 bits per heavy atom. The van der Waals surface area contributed by atoms with E-state index in [-0.39, 0.29) is 11.9 Å². The Morgan fingerprint density at radius 1 is 1.48 bits per heavy atom. The van der Waals surface area contributed by atoms with Crippen LogP contribution in [0.5, 0.6) is 0 Å². The largest absolute Gasteiger partial charge is 0.478 e. The SMILES string of the molecule is CC(=O)NC1CCN(c2ccc(Cl)cc2/C=C/C(=O)O)C1. The molecule has 2 rings (SSSR count). The Balaban J connectivity index is 2.20. The number of carboxylic acids is 1. The number of anilines is 1. The molecule has 1 heterocycles. The second-order valence-electron chi connectivity index (χ2n) is 5.01. The highest BCUT2D eigenvalue weighted by molar-refractivity contribution is 6.30. The summed E-state index contributed by atoms with van der Waals surface area (Å²) in [5.74, 6) is -1.04. The number of carbonyl (C=O) groups excluding carboxylic acids is 1. The van der Waals surface area contributed by atoms with Gasteiger partial charge in [-0.1, -0.05) is 11.6 Å². The number of carboxylic acid groups (broad SMARTS) is 1. The van der Waals surface area contributed by atoms with Crippen molar-refractivity contribution in [3.63, 3.8) is 0 Å². The molecular formula is C15H17ClN2O3. The van der Waals surface area contributed by atoms with Gasteiger partial charge in [0.05, 0.1) is 0 Å². The molecule has 1 aliphatic heterocycles. The van der Waals surface area contributed by atoms with Crippen LogP contribution in [0.2, 0.25) is 5.02 Å². The molecule has 1 fully saturated rings. The van der Waals surface area contributed by atoms with E-state index in [0.29, 0.717) is 11.6 Å². The van der Waals surface area contributed by atoms with E-state index in [4.69, 9.17) is 16.7 Å². The van der Waals surface area contributed by atoms with Crippen LogP contribution in [0.3, 0.4) is 0 Å². The molecule has 6 heteroatoms. The molecule has 0 radical (unpaired) electrons. The highest BCUT2D eigenvalue weighted by Gasteiger charge is 2.24. The third-order valence-electron chi connectivity index (χ3n) is 3.33. The summed E-state index contributed by atoms with van der Waals surface area (Å²) in [6.45, 7) is 3.02. The van der Waals surface area contributed by atoms with Gasteiger partial charge in [-0.05, 0) is 36.3 Å². The van der Waals surface area contributed by atoms with Crippen molar-refractivity contribution in [2.24, 2.45) is 0 Å². The van der Waals surface area contributed by atoms with Gasteiger partial charge in [-0.25, -0.2) is 4.79 Å². The number of benzene rings is 1. The van der Waals surface area contributed by atoms with Gasteiger partial charge in [-0.15, -0.1) is 0 Å². The lowest BCUT2D eigenvalue weighted by molar-refractivity contribution is -0.131. The Bertz CT molecular complexity index is 586. The van der Waals surface area contributed by atoms with Gasteiger partial charge in [0.15, 0.2) is 0 Å². The molecule has 1 unspecified atom stereocenters. The Kier molecular flexibility index (Phi) is 4.85. The highest BCUT2D eigenvalue weighted by Crippen LogP contribution is 2.28. The zero-order valence-electron chi connectivity index (χ0n) is 11.7. The van der Waals surface area contributed by atoms with Gasteiger partial charge in [0, 0.05) is 42.8 Å². The number of hydrogen-bond donors (Lipinski definition) is 2. The van der Waals surface area contributed by atoms with E-state index in [2.05, 4.69) is 10.2 Å². The van der Waals surface area contributed by atoms with Gasteiger partial charge in [0.2, 0.25) is 5.91 Å². The van der Waals surface area contributed by atoms with Crippen LogP contribution in [0.15, 0.2) is 24.3 Å². The molecule has 21 heavy (non-hydrogen) atoms. The van der Waals surface area contributed by atoms with Gasteiger partial charge >= 0.3 is 5.97 Å². The molecule has 5 nitrogen and oxygen atoms in total. The fourth-order valence-corrected chi connectivity index (χ4v) is 2.67. The molecule has 1 amide bonds. The molecule has 112 valence electrons. The summed E-state index contributed by atoms with van der Waals surface area (Å²) >= 11 is 5.98. The van der Waals surface area contributed by atoms with Crippen LogP contribution < -0.4 is 10.2 Å². The first-order valence-corrected chi connectivity index (χ1v) is 7.06. The van der Waals surface area contributed by atoms with E-state index in [9.17, 15) is 9.59 Å². The molecule has 1 aromatic carbocycles. The van der Waals surface area contributed by atoms with Crippen molar-refractivity contribution < 1.29 is 14.7 Å². The summed E-state index contributed by atoms with van der Waals surface area (Å²) in [6.07, 6.45) is 3.50. The molecule has 0 saturated carbocycles. The minimum absolute atomic E-state index is 0.0380. The number of carbonyl (C=O) groups is 2. The second-order valence-corrected chi connectivity index (χ2v) is 5.44. The molecule has 1 atom stereocenters. The smallest absolute Gasteiger partial charge is 0.328 e. The molecule has 0 spiro atoms. The zero-order chi connectivity index (χ0) is 15.4. The summed E-state index contributed by atoms with van der Waals surface area (Å²) in [5, 5.41) is 12.2. The maximum absolute atomic E-state index is 11.1. The molecule has 1 aromatic rings. The van der Waals surface area contributed by atoms with Gasteiger partial charge in [0.25, 0.3) is 0 Å². The lowest BCUT2D eigenvalue weighted by atomic mass is 10.1. The number of nitrogens with zero attached hydrogens (tertiary/aromatic N) is 1. The number of halogens is 1. The first kappa shape index (κ1) is 15.4. The van der Waals surface area contributed by atoms with E-state index < -0.39 is 5.97 Å². The number of aliphatic carboxylic acids is 1. The van der Waals surface area contributed by atoms with Crippen molar-refractivity contribution in [2.75, 3.05) is 18.0 Å². The second kappa shape index (κ2) is 6.63. The summed E-state index contributed by atoms with van der Waals surface area (Å²) in [5.41, 5.74) is 1.68. The number of hydrogen-bond acceptors (Lipinski definition) is 3. The lowest BCUT2D eigenvalue weighted by Crippen LogP contribution is -2.35. The van der Waals surface area contributed by atoms with Crippen molar-refractivity contribution in [1.29, 1.82) is 0 Å². The van der Waals surface area contributed by atoms with Crippen LogP contribution in [-0.2, 0) is 9.59 Å². The maximum Gasteiger partial charge on any atom is 0.328 e. The van der Waals surface area contributed by atoms with Crippen molar-refractivity contribution in [3.8, 4) is 0 Å². The average Bonchev–Trinajstić information content (AvgIpc) is 2.83. The standard InChI is InChI=1S/C15H17ClN2O3/c1-10(19)17-13-6-7-18(9-13)14-4-3-12(16)8-11(14)2-5-15(20)21/h2-5,8,13H,6-7,9H2,1H3,(H,17,19)(H,20,21)/b5-2+.